The van der Waals surface area contributed by atoms with E-state index in [1.54, 1.807) is 0 Å². The first-order chi connectivity index (χ1) is 14.5. The number of carbonyl (C=O) groups excluding carboxylic acids is 1. The lowest BCUT2D eigenvalue weighted by molar-refractivity contribution is 0.0731. The summed E-state index contributed by atoms with van der Waals surface area (Å²) >= 11 is 1.50. The van der Waals surface area contributed by atoms with Gasteiger partial charge in [-0.25, -0.2) is 4.98 Å². The minimum atomic E-state index is 0.119. The molecule has 2 aromatic carbocycles. The first kappa shape index (κ1) is 19.1. The van der Waals surface area contributed by atoms with E-state index in [0.717, 1.165) is 45.6 Å². The van der Waals surface area contributed by atoms with E-state index in [0.29, 0.717) is 0 Å². The highest BCUT2D eigenvalue weighted by molar-refractivity contribution is 7.20. The van der Waals surface area contributed by atoms with Gasteiger partial charge in [0.25, 0.3) is 5.91 Å². The molecule has 0 spiro atoms. The highest BCUT2D eigenvalue weighted by atomic mass is 32.1. The minimum absolute atomic E-state index is 0.119. The van der Waals surface area contributed by atoms with Gasteiger partial charge in [-0.2, -0.15) is 0 Å². The zero-order chi connectivity index (χ0) is 20.8. The zero-order valence-corrected chi connectivity index (χ0v) is 18.4. The van der Waals surface area contributed by atoms with Crippen molar-refractivity contribution in [3.8, 4) is 0 Å². The number of piperazine rings is 1. The summed E-state index contributed by atoms with van der Waals surface area (Å²) in [5.74, 6) is 0.119. The van der Waals surface area contributed by atoms with Crippen molar-refractivity contribution >= 4 is 44.1 Å². The first-order valence-electron chi connectivity index (χ1n) is 10.4. The molecule has 4 aromatic rings. The highest BCUT2D eigenvalue weighted by Crippen LogP contribution is 2.30. The van der Waals surface area contributed by atoms with E-state index in [2.05, 4.69) is 74.2 Å². The smallest absolute Gasteiger partial charge is 0.264 e. The molecule has 3 heterocycles. The summed E-state index contributed by atoms with van der Waals surface area (Å²) in [7, 11) is 0. The normalized spacial score (nSPS) is 17.1. The second-order valence-electron chi connectivity index (χ2n) is 8.32. The fraction of sp³-hybridized carbons (Fsp3) is 0.280. The third kappa shape index (κ3) is 3.43. The number of rotatable bonds is 2. The molecule has 4 nitrogen and oxygen atoms in total. The van der Waals surface area contributed by atoms with Crippen molar-refractivity contribution in [1.29, 1.82) is 0 Å². The number of carbonyl (C=O) groups is 1. The number of hydrogen-bond acceptors (Lipinski definition) is 4. The molecule has 0 radical (unpaired) electrons. The molecule has 1 aliphatic heterocycles. The number of thiophene rings is 1. The first-order valence-corrected chi connectivity index (χ1v) is 11.2. The molecule has 0 N–H and O–H groups in total. The largest absolute Gasteiger partial charge is 0.365 e. The van der Waals surface area contributed by atoms with Crippen molar-refractivity contribution in [1.82, 2.24) is 9.88 Å². The van der Waals surface area contributed by atoms with Crippen LogP contribution in [-0.2, 0) is 0 Å². The predicted octanol–water partition coefficient (Wildman–Crippen LogP) is 5.42. The summed E-state index contributed by atoms with van der Waals surface area (Å²) in [5.41, 5.74) is 4.69. The van der Waals surface area contributed by atoms with Gasteiger partial charge in [-0.15, -0.1) is 11.3 Å². The molecule has 5 rings (SSSR count). The monoisotopic (exact) mass is 415 g/mol. The van der Waals surface area contributed by atoms with E-state index in [-0.39, 0.29) is 11.9 Å². The molecule has 0 bridgehead atoms. The van der Waals surface area contributed by atoms with Gasteiger partial charge < -0.3 is 9.80 Å². The van der Waals surface area contributed by atoms with Gasteiger partial charge in [0.2, 0.25) is 0 Å². The Balaban J connectivity index is 1.38. The van der Waals surface area contributed by atoms with Gasteiger partial charge in [-0.1, -0.05) is 24.3 Å². The SMILES string of the molecule is Cc1cccc(N2CCN(C(=O)c3cc4cc5ccc(C)cc5nc4s3)CC2C)c1. The summed E-state index contributed by atoms with van der Waals surface area (Å²) in [5, 5.41) is 2.16. The van der Waals surface area contributed by atoms with Crippen molar-refractivity contribution in [2.75, 3.05) is 24.5 Å². The Hall–Kier alpha value is -2.92. The van der Waals surface area contributed by atoms with Crippen molar-refractivity contribution in [3.05, 3.63) is 70.6 Å². The van der Waals surface area contributed by atoms with Crippen LogP contribution in [-0.4, -0.2) is 41.5 Å². The lowest BCUT2D eigenvalue weighted by Gasteiger charge is -2.41. The fourth-order valence-electron chi connectivity index (χ4n) is 4.33. The van der Waals surface area contributed by atoms with Crippen LogP contribution in [0.3, 0.4) is 0 Å². The number of aryl methyl sites for hydroxylation is 2. The number of pyridine rings is 1. The molecule has 1 amide bonds. The summed E-state index contributed by atoms with van der Waals surface area (Å²) in [6.45, 7) is 8.71. The van der Waals surface area contributed by atoms with E-state index in [1.807, 2.05) is 11.0 Å². The zero-order valence-electron chi connectivity index (χ0n) is 17.6. The van der Waals surface area contributed by atoms with Gasteiger partial charge in [-0.05, 0) is 62.2 Å². The molecule has 0 aliphatic carbocycles. The highest BCUT2D eigenvalue weighted by Gasteiger charge is 2.28. The van der Waals surface area contributed by atoms with Crippen LogP contribution < -0.4 is 4.90 Å². The molecule has 1 atom stereocenters. The van der Waals surface area contributed by atoms with Crippen molar-refractivity contribution in [2.24, 2.45) is 0 Å². The minimum Gasteiger partial charge on any atom is -0.365 e. The Morgan fingerprint density at radius 1 is 1.00 bits per heavy atom. The molecule has 5 heteroatoms. The Labute approximate surface area is 180 Å². The van der Waals surface area contributed by atoms with Gasteiger partial charge in [0.1, 0.15) is 4.83 Å². The maximum absolute atomic E-state index is 13.2. The van der Waals surface area contributed by atoms with Crippen LogP contribution in [0.4, 0.5) is 5.69 Å². The fourth-order valence-corrected chi connectivity index (χ4v) is 5.32. The van der Waals surface area contributed by atoms with Gasteiger partial charge >= 0.3 is 0 Å². The van der Waals surface area contributed by atoms with Crippen molar-refractivity contribution < 1.29 is 4.79 Å². The van der Waals surface area contributed by atoms with E-state index >= 15 is 0 Å². The Morgan fingerprint density at radius 2 is 1.83 bits per heavy atom. The maximum atomic E-state index is 13.2. The van der Waals surface area contributed by atoms with Crippen LogP contribution in [0.2, 0.25) is 0 Å². The van der Waals surface area contributed by atoms with Crippen LogP contribution in [0.25, 0.3) is 21.1 Å². The summed E-state index contributed by atoms with van der Waals surface area (Å²) in [6.07, 6.45) is 0. The lowest BCUT2D eigenvalue weighted by atomic mass is 10.1. The van der Waals surface area contributed by atoms with Crippen LogP contribution in [0.1, 0.15) is 27.7 Å². The summed E-state index contributed by atoms with van der Waals surface area (Å²) in [6, 6.07) is 19.3. The van der Waals surface area contributed by atoms with Crippen LogP contribution in [0, 0.1) is 13.8 Å². The Morgan fingerprint density at radius 3 is 2.63 bits per heavy atom. The molecule has 1 unspecified atom stereocenters. The van der Waals surface area contributed by atoms with Gasteiger partial charge in [0.15, 0.2) is 0 Å². The van der Waals surface area contributed by atoms with E-state index < -0.39 is 0 Å². The van der Waals surface area contributed by atoms with Crippen LogP contribution in [0.5, 0.6) is 0 Å². The molecule has 1 saturated heterocycles. The molecule has 152 valence electrons. The molecule has 1 fully saturated rings. The second kappa shape index (κ2) is 7.40. The van der Waals surface area contributed by atoms with Crippen molar-refractivity contribution in [2.45, 2.75) is 26.8 Å². The quantitative estimate of drug-likeness (QED) is 0.439. The van der Waals surface area contributed by atoms with Gasteiger partial charge in [0.05, 0.1) is 10.4 Å². The molecular formula is C25H25N3OS. The van der Waals surface area contributed by atoms with Crippen LogP contribution in [0.15, 0.2) is 54.6 Å². The molecule has 30 heavy (non-hydrogen) atoms. The second-order valence-corrected chi connectivity index (χ2v) is 9.35. The number of fused-ring (bicyclic) bond motifs is 2. The van der Waals surface area contributed by atoms with Gasteiger partial charge in [0, 0.05) is 42.1 Å². The number of nitrogens with zero attached hydrogens (tertiary/aromatic N) is 3. The van der Waals surface area contributed by atoms with E-state index in [9.17, 15) is 4.79 Å². The average molecular weight is 416 g/mol. The Bertz CT molecular complexity index is 1260. The average Bonchev–Trinajstić information content (AvgIpc) is 3.14. The standard InChI is InChI=1S/C25H25N3OS/c1-16-5-4-6-21(11-16)28-10-9-27(15-18(28)3)25(29)23-14-20-13-19-8-7-17(2)12-22(19)26-24(20)30-23/h4-8,11-14,18H,9-10,15H2,1-3H3. The predicted molar refractivity (Wildman–Crippen MR) is 126 cm³/mol. The van der Waals surface area contributed by atoms with Gasteiger partial charge in [-0.3, -0.25) is 4.79 Å². The number of benzene rings is 2. The Kier molecular flexibility index (Phi) is 4.70. The number of hydrogen-bond donors (Lipinski definition) is 0. The number of amides is 1. The number of aromatic nitrogens is 1. The third-order valence-electron chi connectivity index (χ3n) is 5.92. The van der Waals surface area contributed by atoms with Crippen LogP contribution >= 0.6 is 11.3 Å². The molecule has 1 aliphatic rings. The van der Waals surface area contributed by atoms with Crippen molar-refractivity contribution in [3.63, 3.8) is 0 Å². The maximum Gasteiger partial charge on any atom is 0.264 e. The topological polar surface area (TPSA) is 36.4 Å². The summed E-state index contributed by atoms with van der Waals surface area (Å²) < 4.78 is 0. The summed E-state index contributed by atoms with van der Waals surface area (Å²) in [4.78, 5) is 24.2. The number of anilines is 1. The third-order valence-corrected chi connectivity index (χ3v) is 6.95. The molecular weight excluding hydrogens is 390 g/mol. The molecule has 0 saturated carbocycles. The lowest BCUT2D eigenvalue weighted by Crippen LogP contribution is -2.53. The van der Waals surface area contributed by atoms with E-state index in [4.69, 9.17) is 4.98 Å². The molecule has 2 aromatic heterocycles. The van der Waals surface area contributed by atoms with E-state index in [1.165, 1.54) is 28.2 Å².